The number of hydrazone groups is 1. The molecular formula is C12H15N5O5S. The van der Waals surface area contributed by atoms with E-state index in [4.69, 9.17) is 5.14 Å². The van der Waals surface area contributed by atoms with Gasteiger partial charge in [0.25, 0.3) is 5.69 Å². The molecule has 0 aliphatic carbocycles. The first-order valence-electron chi connectivity index (χ1n) is 6.59. The van der Waals surface area contributed by atoms with E-state index in [0.717, 1.165) is 6.07 Å². The van der Waals surface area contributed by atoms with Gasteiger partial charge in [-0.25, -0.2) is 19.0 Å². The lowest BCUT2D eigenvalue weighted by molar-refractivity contribution is -0.384. The molecule has 0 bridgehead atoms. The zero-order valence-corrected chi connectivity index (χ0v) is 13.0. The van der Waals surface area contributed by atoms with Gasteiger partial charge < -0.3 is 5.32 Å². The molecule has 1 aromatic rings. The monoisotopic (exact) mass is 341 g/mol. The molecule has 0 saturated carbocycles. The number of amides is 1. The smallest absolute Gasteiger partial charge is 0.293 e. The van der Waals surface area contributed by atoms with Gasteiger partial charge in [-0.3, -0.25) is 14.9 Å². The number of nitrogens with two attached hydrogens (primary N) is 1. The Morgan fingerprint density at radius 3 is 2.70 bits per heavy atom. The highest BCUT2D eigenvalue weighted by Crippen LogP contribution is 2.27. The molecule has 23 heavy (non-hydrogen) atoms. The molecular weight excluding hydrogens is 326 g/mol. The molecule has 1 atom stereocenters. The summed E-state index contributed by atoms with van der Waals surface area (Å²) in [7, 11) is -4.02. The van der Waals surface area contributed by atoms with Gasteiger partial charge in [-0.1, -0.05) is 0 Å². The van der Waals surface area contributed by atoms with E-state index in [-0.39, 0.29) is 29.0 Å². The second kappa shape index (κ2) is 6.30. The van der Waals surface area contributed by atoms with Crippen molar-refractivity contribution < 1.29 is 18.1 Å². The molecule has 1 aliphatic heterocycles. The van der Waals surface area contributed by atoms with E-state index >= 15 is 0 Å². The summed E-state index contributed by atoms with van der Waals surface area (Å²) in [5, 5.41) is 22.7. The van der Waals surface area contributed by atoms with Gasteiger partial charge in [0.05, 0.1) is 15.7 Å². The van der Waals surface area contributed by atoms with Gasteiger partial charge in [0.15, 0.2) is 0 Å². The van der Waals surface area contributed by atoms with Crippen LogP contribution in [0.3, 0.4) is 0 Å². The van der Waals surface area contributed by atoms with E-state index in [1.165, 1.54) is 12.1 Å². The molecule has 0 radical (unpaired) electrons. The first-order valence-corrected chi connectivity index (χ1v) is 8.14. The Bertz CT molecular complexity index is 789. The molecule has 2 rings (SSSR count). The zero-order chi connectivity index (χ0) is 17.2. The number of nitro benzene ring substituents is 1. The standard InChI is InChI=1S/C12H15N5O5S/c1-7-9(12(18)16-15-7)4-5-14-10-3-2-8(23(13,21)22)6-11(10)17(19)20/h2-3,6,9,14H,4-5H2,1H3,(H,16,18)(H2,13,21,22). The van der Waals surface area contributed by atoms with Gasteiger partial charge in [0, 0.05) is 18.3 Å². The van der Waals surface area contributed by atoms with Crippen molar-refractivity contribution in [1.29, 1.82) is 0 Å². The highest BCUT2D eigenvalue weighted by molar-refractivity contribution is 7.89. The predicted octanol–water partition coefficient (Wildman–Crippen LogP) is 0.166. The van der Waals surface area contributed by atoms with Gasteiger partial charge in [-0.15, -0.1) is 0 Å². The minimum atomic E-state index is -4.02. The van der Waals surface area contributed by atoms with Gasteiger partial charge in [0.2, 0.25) is 15.9 Å². The first kappa shape index (κ1) is 16.8. The van der Waals surface area contributed by atoms with E-state index in [0.29, 0.717) is 12.1 Å². The van der Waals surface area contributed by atoms with Crippen molar-refractivity contribution in [3.05, 3.63) is 28.3 Å². The lowest BCUT2D eigenvalue weighted by Crippen LogP contribution is -2.24. The lowest BCUT2D eigenvalue weighted by Gasteiger charge is -2.11. The van der Waals surface area contributed by atoms with Crippen LogP contribution >= 0.6 is 0 Å². The van der Waals surface area contributed by atoms with Crippen molar-refractivity contribution in [1.82, 2.24) is 5.43 Å². The highest BCUT2D eigenvalue weighted by atomic mass is 32.2. The maximum atomic E-state index is 11.5. The largest absolute Gasteiger partial charge is 0.379 e. The fraction of sp³-hybridized carbons (Fsp3) is 0.333. The van der Waals surface area contributed by atoms with Crippen molar-refractivity contribution in [3.8, 4) is 0 Å². The van der Waals surface area contributed by atoms with E-state index in [1.54, 1.807) is 6.92 Å². The maximum absolute atomic E-state index is 11.5. The van der Waals surface area contributed by atoms with Crippen LogP contribution in [0.15, 0.2) is 28.2 Å². The lowest BCUT2D eigenvalue weighted by atomic mass is 10.0. The van der Waals surface area contributed by atoms with Crippen LogP contribution in [0.4, 0.5) is 11.4 Å². The fourth-order valence-corrected chi connectivity index (χ4v) is 2.70. The van der Waals surface area contributed by atoms with Crippen LogP contribution in [-0.2, 0) is 14.8 Å². The topological polar surface area (TPSA) is 157 Å². The number of carbonyl (C=O) groups is 1. The van der Waals surface area contributed by atoms with Gasteiger partial charge >= 0.3 is 0 Å². The van der Waals surface area contributed by atoms with Crippen LogP contribution in [0.5, 0.6) is 0 Å². The molecule has 1 aliphatic rings. The number of hydrogen-bond donors (Lipinski definition) is 3. The molecule has 0 fully saturated rings. The average molecular weight is 341 g/mol. The molecule has 1 unspecified atom stereocenters. The number of anilines is 1. The van der Waals surface area contributed by atoms with Crippen molar-refractivity contribution in [2.24, 2.45) is 16.2 Å². The van der Waals surface area contributed by atoms with Crippen molar-refractivity contribution in [3.63, 3.8) is 0 Å². The number of benzene rings is 1. The zero-order valence-electron chi connectivity index (χ0n) is 12.1. The summed E-state index contributed by atoms with van der Waals surface area (Å²) >= 11 is 0. The number of rotatable bonds is 6. The number of sulfonamides is 1. The molecule has 1 amide bonds. The fourth-order valence-electron chi connectivity index (χ4n) is 2.17. The van der Waals surface area contributed by atoms with Crippen molar-refractivity contribution in [2.75, 3.05) is 11.9 Å². The van der Waals surface area contributed by atoms with Gasteiger partial charge in [-0.2, -0.15) is 5.10 Å². The van der Waals surface area contributed by atoms with Crippen LogP contribution in [-0.4, -0.2) is 31.5 Å². The molecule has 0 saturated heterocycles. The molecule has 1 aromatic carbocycles. The Labute approximate surface area is 131 Å². The van der Waals surface area contributed by atoms with Crippen LogP contribution in [0.2, 0.25) is 0 Å². The summed E-state index contributed by atoms with van der Waals surface area (Å²) in [6, 6.07) is 3.35. The highest BCUT2D eigenvalue weighted by Gasteiger charge is 2.26. The van der Waals surface area contributed by atoms with Crippen molar-refractivity contribution >= 4 is 33.0 Å². The van der Waals surface area contributed by atoms with Crippen LogP contribution in [0.1, 0.15) is 13.3 Å². The van der Waals surface area contributed by atoms with Gasteiger partial charge in [0.1, 0.15) is 5.69 Å². The minimum Gasteiger partial charge on any atom is -0.379 e. The Kier molecular flexibility index (Phi) is 4.61. The molecule has 11 heteroatoms. The number of carbonyl (C=O) groups excluding carboxylic acids is 1. The Balaban J connectivity index is 2.12. The van der Waals surface area contributed by atoms with E-state index in [2.05, 4.69) is 15.8 Å². The van der Waals surface area contributed by atoms with Crippen LogP contribution in [0, 0.1) is 16.0 Å². The summed E-state index contributed by atoms with van der Waals surface area (Å²) in [4.78, 5) is 21.5. The summed E-state index contributed by atoms with van der Waals surface area (Å²) in [6.07, 6.45) is 0.398. The molecule has 10 nitrogen and oxygen atoms in total. The minimum absolute atomic E-state index is 0.149. The van der Waals surface area contributed by atoms with Gasteiger partial charge in [-0.05, 0) is 25.5 Å². The quantitative estimate of drug-likeness (QED) is 0.494. The van der Waals surface area contributed by atoms with Crippen LogP contribution < -0.4 is 15.9 Å². The van der Waals surface area contributed by atoms with E-state index in [1.807, 2.05) is 0 Å². The Morgan fingerprint density at radius 2 is 2.17 bits per heavy atom. The average Bonchev–Trinajstić information content (AvgIpc) is 2.78. The summed E-state index contributed by atoms with van der Waals surface area (Å²) in [5.41, 5.74) is 2.75. The Morgan fingerprint density at radius 1 is 1.48 bits per heavy atom. The third-order valence-corrected chi connectivity index (χ3v) is 4.32. The molecule has 1 heterocycles. The normalized spacial score (nSPS) is 17.6. The third-order valence-electron chi connectivity index (χ3n) is 3.41. The first-order chi connectivity index (χ1) is 10.7. The maximum Gasteiger partial charge on any atom is 0.293 e. The van der Waals surface area contributed by atoms with E-state index < -0.39 is 20.6 Å². The molecule has 0 aromatic heterocycles. The second-order valence-corrected chi connectivity index (χ2v) is 6.54. The number of nitrogens with one attached hydrogen (secondary N) is 2. The van der Waals surface area contributed by atoms with Crippen LogP contribution in [0.25, 0.3) is 0 Å². The number of primary sulfonamides is 1. The summed E-state index contributed by atoms with van der Waals surface area (Å²) in [5.74, 6) is -0.603. The third kappa shape index (κ3) is 3.81. The SMILES string of the molecule is CC1=NNC(=O)C1CCNc1ccc(S(N)(=O)=O)cc1[N+](=O)[O-]. The number of nitro groups is 1. The molecule has 0 spiro atoms. The number of hydrogen-bond acceptors (Lipinski definition) is 7. The van der Waals surface area contributed by atoms with Crippen molar-refractivity contribution in [2.45, 2.75) is 18.2 Å². The number of nitrogens with zero attached hydrogens (tertiary/aromatic N) is 2. The summed E-state index contributed by atoms with van der Waals surface area (Å²) < 4.78 is 22.5. The van der Waals surface area contributed by atoms with E-state index in [9.17, 15) is 23.3 Å². The Hall–Kier alpha value is -2.53. The molecule has 124 valence electrons. The molecule has 4 N–H and O–H groups in total. The summed E-state index contributed by atoms with van der Waals surface area (Å²) in [6.45, 7) is 1.99. The predicted molar refractivity (Wildman–Crippen MR) is 82.3 cm³/mol. The second-order valence-electron chi connectivity index (χ2n) is 4.98.